The summed E-state index contributed by atoms with van der Waals surface area (Å²) in [7, 11) is 0. The van der Waals surface area contributed by atoms with E-state index in [1.807, 2.05) is 6.08 Å². The smallest absolute Gasteiger partial charge is 0.155 e. The minimum absolute atomic E-state index is 0.303. The van der Waals surface area contributed by atoms with Gasteiger partial charge in [-0.1, -0.05) is 57.6 Å². The molecule has 0 spiro atoms. The molecule has 4 rings (SSSR count). The van der Waals surface area contributed by atoms with Crippen LogP contribution in [0.4, 0.5) is 0 Å². The van der Waals surface area contributed by atoms with Crippen LogP contribution >= 0.6 is 0 Å². The molecule has 0 saturated heterocycles. The Hall–Kier alpha value is -1.11. The first-order chi connectivity index (χ1) is 14.2. The molecule has 0 amide bonds. The van der Waals surface area contributed by atoms with Crippen molar-refractivity contribution < 1.29 is 4.79 Å². The van der Waals surface area contributed by atoms with Gasteiger partial charge < -0.3 is 0 Å². The molecule has 3 saturated carbocycles. The normalized spacial score (nSPS) is 42.8. The molecular weight excluding hydrogens is 364 g/mol. The Morgan fingerprint density at radius 1 is 1.13 bits per heavy atom. The van der Waals surface area contributed by atoms with Crippen LogP contribution in [0.15, 0.2) is 36.0 Å². The van der Waals surface area contributed by atoms with E-state index in [4.69, 9.17) is 0 Å². The lowest BCUT2D eigenvalue weighted by molar-refractivity contribution is -0.117. The number of allylic oxidation sites excluding steroid dienone is 4. The molecule has 0 radical (unpaired) electrons. The Labute approximate surface area is 185 Å². The van der Waals surface area contributed by atoms with Gasteiger partial charge in [0.1, 0.15) is 0 Å². The highest BCUT2D eigenvalue weighted by molar-refractivity contribution is 5.91. The first kappa shape index (κ1) is 22.1. The van der Waals surface area contributed by atoms with Crippen LogP contribution in [0.3, 0.4) is 0 Å². The van der Waals surface area contributed by atoms with Crippen molar-refractivity contribution >= 4 is 5.78 Å². The molecule has 0 unspecified atom stereocenters. The van der Waals surface area contributed by atoms with E-state index in [1.54, 1.807) is 0 Å². The van der Waals surface area contributed by atoms with Crippen molar-refractivity contribution in [1.82, 2.24) is 0 Å². The van der Waals surface area contributed by atoms with Crippen molar-refractivity contribution in [3.8, 4) is 0 Å². The van der Waals surface area contributed by atoms with Crippen LogP contribution in [-0.4, -0.2) is 5.78 Å². The second-order valence-corrected chi connectivity index (χ2v) is 11.8. The molecule has 3 fully saturated rings. The summed E-state index contributed by atoms with van der Waals surface area (Å²) in [6.45, 7) is 16.3. The van der Waals surface area contributed by atoms with Gasteiger partial charge in [-0.15, -0.1) is 0 Å². The molecular formula is C29H44O. The minimum Gasteiger partial charge on any atom is -0.295 e. The fraction of sp³-hybridized carbons (Fsp3) is 0.759. The van der Waals surface area contributed by atoms with Gasteiger partial charge in [-0.2, -0.15) is 0 Å². The predicted octanol–water partition coefficient (Wildman–Crippen LogP) is 7.93. The standard InChI is InChI=1S/C29H44O/c1-7-21(19(2)3)9-8-20(4)25-12-13-26-24-11-10-22-18-23(30)14-16-28(22,5)27(24)15-17-29(25,26)6/h8-9,18,20-21,24-27H,2,7,10-17H2,1,3-6H3/t20-,21-,24-,25+,26-,27-,28-,29+/m0/s1. The van der Waals surface area contributed by atoms with E-state index in [2.05, 4.69) is 53.3 Å². The van der Waals surface area contributed by atoms with Crippen LogP contribution in [-0.2, 0) is 4.79 Å². The third-order valence-electron chi connectivity index (χ3n) is 10.4. The van der Waals surface area contributed by atoms with Crippen molar-refractivity contribution in [1.29, 1.82) is 0 Å². The summed E-state index contributed by atoms with van der Waals surface area (Å²) in [6, 6.07) is 0. The molecule has 0 aromatic carbocycles. The number of ketones is 1. The Morgan fingerprint density at radius 2 is 1.90 bits per heavy atom. The highest BCUT2D eigenvalue weighted by atomic mass is 16.1. The third kappa shape index (κ3) is 3.49. The predicted molar refractivity (Wildman–Crippen MR) is 127 cm³/mol. The molecule has 8 atom stereocenters. The zero-order valence-corrected chi connectivity index (χ0v) is 20.2. The second-order valence-electron chi connectivity index (χ2n) is 11.8. The van der Waals surface area contributed by atoms with Gasteiger partial charge in [-0.25, -0.2) is 0 Å². The van der Waals surface area contributed by atoms with Crippen molar-refractivity contribution in [2.75, 3.05) is 0 Å². The molecule has 0 aromatic heterocycles. The highest BCUT2D eigenvalue weighted by Crippen LogP contribution is 2.67. The molecule has 4 aliphatic carbocycles. The fourth-order valence-corrected chi connectivity index (χ4v) is 8.56. The lowest BCUT2D eigenvalue weighted by Gasteiger charge is -2.58. The van der Waals surface area contributed by atoms with Crippen LogP contribution in [0.25, 0.3) is 0 Å². The molecule has 0 heterocycles. The molecule has 0 N–H and O–H groups in total. The van der Waals surface area contributed by atoms with E-state index in [-0.39, 0.29) is 0 Å². The summed E-state index contributed by atoms with van der Waals surface area (Å²) >= 11 is 0. The van der Waals surface area contributed by atoms with E-state index < -0.39 is 0 Å². The fourth-order valence-electron chi connectivity index (χ4n) is 8.56. The summed E-state index contributed by atoms with van der Waals surface area (Å²) in [5, 5.41) is 0. The monoisotopic (exact) mass is 408 g/mol. The Bertz CT molecular complexity index is 756. The van der Waals surface area contributed by atoms with Crippen LogP contribution in [0.2, 0.25) is 0 Å². The average Bonchev–Trinajstić information content (AvgIpc) is 3.06. The largest absolute Gasteiger partial charge is 0.295 e. The first-order valence-electron chi connectivity index (χ1n) is 12.8. The number of fused-ring (bicyclic) bond motifs is 5. The average molecular weight is 409 g/mol. The van der Waals surface area contributed by atoms with Crippen LogP contribution < -0.4 is 0 Å². The highest BCUT2D eigenvalue weighted by Gasteiger charge is 2.59. The third-order valence-corrected chi connectivity index (χ3v) is 10.4. The maximum atomic E-state index is 12.1. The SMILES string of the molecule is C=C(C)[C@H](C=C[C@H](C)[C@H]1CC[C@H]2[C@@H]3CCC4=CC(=O)CC[C@]4(C)[C@H]3CC[C@]12C)CC. The zero-order valence-electron chi connectivity index (χ0n) is 20.2. The van der Waals surface area contributed by atoms with Gasteiger partial charge in [0.05, 0.1) is 0 Å². The molecule has 0 bridgehead atoms. The summed E-state index contributed by atoms with van der Waals surface area (Å²) in [5.41, 5.74) is 3.59. The molecule has 0 aliphatic heterocycles. The molecule has 30 heavy (non-hydrogen) atoms. The topological polar surface area (TPSA) is 17.1 Å². The van der Waals surface area contributed by atoms with E-state index >= 15 is 0 Å². The van der Waals surface area contributed by atoms with Gasteiger partial charge >= 0.3 is 0 Å². The molecule has 1 heteroatoms. The van der Waals surface area contributed by atoms with Gasteiger partial charge in [0.25, 0.3) is 0 Å². The van der Waals surface area contributed by atoms with Gasteiger partial charge in [0.2, 0.25) is 0 Å². The number of carbonyl (C=O) groups excluding carboxylic acids is 1. The summed E-state index contributed by atoms with van der Waals surface area (Å²) in [6.07, 6.45) is 18.1. The lowest BCUT2D eigenvalue weighted by atomic mass is 9.46. The Balaban J connectivity index is 1.53. The van der Waals surface area contributed by atoms with Gasteiger partial charge in [0, 0.05) is 6.42 Å². The van der Waals surface area contributed by atoms with E-state index in [0.29, 0.717) is 28.4 Å². The Kier molecular flexibility index (Phi) is 5.97. The van der Waals surface area contributed by atoms with E-state index in [1.165, 1.54) is 49.7 Å². The van der Waals surface area contributed by atoms with Crippen molar-refractivity contribution in [2.45, 2.75) is 92.4 Å². The molecule has 4 aliphatic rings. The van der Waals surface area contributed by atoms with Crippen molar-refractivity contribution in [3.63, 3.8) is 0 Å². The van der Waals surface area contributed by atoms with Gasteiger partial charge in [-0.3, -0.25) is 4.79 Å². The molecule has 1 nitrogen and oxygen atoms in total. The van der Waals surface area contributed by atoms with Crippen LogP contribution in [0.5, 0.6) is 0 Å². The number of hydrogen-bond acceptors (Lipinski definition) is 1. The Morgan fingerprint density at radius 3 is 2.60 bits per heavy atom. The van der Waals surface area contributed by atoms with Crippen LogP contribution in [0, 0.1) is 46.3 Å². The minimum atomic E-state index is 0.303. The summed E-state index contributed by atoms with van der Waals surface area (Å²) in [4.78, 5) is 12.1. The van der Waals surface area contributed by atoms with Gasteiger partial charge in [0.15, 0.2) is 5.78 Å². The van der Waals surface area contributed by atoms with Crippen molar-refractivity contribution in [2.24, 2.45) is 46.3 Å². The zero-order chi connectivity index (χ0) is 21.7. The quantitative estimate of drug-likeness (QED) is 0.422. The van der Waals surface area contributed by atoms with E-state index in [9.17, 15) is 4.79 Å². The van der Waals surface area contributed by atoms with Crippen LogP contribution in [0.1, 0.15) is 92.4 Å². The number of hydrogen-bond donors (Lipinski definition) is 0. The summed E-state index contributed by atoms with van der Waals surface area (Å²) < 4.78 is 0. The first-order valence-corrected chi connectivity index (χ1v) is 12.8. The maximum absolute atomic E-state index is 12.1. The van der Waals surface area contributed by atoms with E-state index in [0.717, 1.165) is 42.9 Å². The number of carbonyl (C=O) groups is 1. The number of rotatable bonds is 5. The van der Waals surface area contributed by atoms with Gasteiger partial charge in [-0.05, 0) is 111 Å². The lowest BCUT2D eigenvalue weighted by Crippen LogP contribution is -2.50. The van der Waals surface area contributed by atoms with Crippen molar-refractivity contribution in [3.05, 3.63) is 36.0 Å². The summed E-state index contributed by atoms with van der Waals surface area (Å²) in [5.74, 6) is 4.96. The maximum Gasteiger partial charge on any atom is 0.155 e. The second kappa shape index (κ2) is 8.10. The molecule has 0 aromatic rings. The molecule has 166 valence electrons.